The fourth-order valence-electron chi connectivity index (χ4n) is 3.18. The molecule has 0 fully saturated rings. The Hall–Kier alpha value is -2.78. The van der Waals surface area contributed by atoms with Crippen LogP contribution in [-0.4, -0.2) is 13.7 Å². The quantitative estimate of drug-likeness (QED) is 0.570. The molecule has 3 nitrogen and oxygen atoms in total. The monoisotopic (exact) mass is 361 g/mol. The molecule has 0 aliphatic rings. The summed E-state index contributed by atoms with van der Waals surface area (Å²) in [6.45, 7) is 3.36. The van der Waals surface area contributed by atoms with Crippen molar-refractivity contribution in [2.75, 3.05) is 13.7 Å². The van der Waals surface area contributed by atoms with Gasteiger partial charge in [-0.25, -0.2) is 0 Å². The highest BCUT2D eigenvalue weighted by molar-refractivity contribution is 5.43. The van der Waals surface area contributed by atoms with Crippen LogP contribution >= 0.6 is 0 Å². The molecule has 3 aromatic rings. The van der Waals surface area contributed by atoms with Crippen LogP contribution in [0, 0.1) is 0 Å². The van der Waals surface area contributed by atoms with E-state index < -0.39 is 0 Å². The van der Waals surface area contributed by atoms with Gasteiger partial charge in [0.25, 0.3) is 0 Å². The van der Waals surface area contributed by atoms with Gasteiger partial charge in [0, 0.05) is 12.6 Å². The molecule has 3 aromatic carbocycles. The predicted molar refractivity (Wildman–Crippen MR) is 110 cm³/mol. The van der Waals surface area contributed by atoms with Gasteiger partial charge in [-0.3, -0.25) is 0 Å². The minimum Gasteiger partial charge on any atom is -0.493 e. The Bertz CT molecular complexity index is 818. The highest BCUT2D eigenvalue weighted by atomic mass is 16.5. The Morgan fingerprint density at radius 2 is 1.52 bits per heavy atom. The van der Waals surface area contributed by atoms with Crippen molar-refractivity contribution >= 4 is 0 Å². The lowest BCUT2D eigenvalue weighted by molar-refractivity contribution is 0.310. The molecule has 0 aliphatic heterocycles. The second-order valence-corrected chi connectivity index (χ2v) is 6.45. The molecule has 1 unspecified atom stereocenters. The normalized spacial score (nSPS) is 11.8. The maximum atomic E-state index is 5.70. The maximum absolute atomic E-state index is 5.70. The topological polar surface area (TPSA) is 30.5 Å². The first kappa shape index (κ1) is 19.0. The average Bonchev–Trinajstić information content (AvgIpc) is 2.73. The molecular weight excluding hydrogens is 334 g/mol. The molecule has 140 valence electrons. The molecule has 27 heavy (non-hydrogen) atoms. The van der Waals surface area contributed by atoms with Crippen LogP contribution in [0.15, 0.2) is 78.9 Å². The van der Waals surface area contributed by atoms with Crippen LogP contribution in [0.25, 0.3) is 0 Å². The summed E-state index contributed by atoms with van der Waals surface area (Å²) in [7, 11) is 1.67. The van der Waals surface area contributed by atoms with Gasteiger partial charge >= 0.3 is 0 Å². The van der Waals surface area contributed by atoms with Crippen LogP contribution in [0.5, 0.6) is 11.5 Å². The fraction of sp³-hybridized carbons (Fsp3) is 0.250. The van der Waals surface area contributed by atoms with Crippen molar-refractivity contribution in [2.45, 2.75) is 25.9 Å². The first-order chi connectivity index (χ1) is 13.3. The lowest BCUT2D eigenvalue weighted by Gasteiger charge is -2.20. The molecule has 0 bridgehead atoms. The van der Waals surface area contributed by atoms with E-state index in [1.807, 2.05) is 13.0 Å². The molecule has 0 saturated heterocycles. The summed E-state index contributed by atoms with van der Waals surface area (Å²) in [6.07, 6.45) is 0.944. The lowest BCUT2D eigenvalue weighted by atomic mass is 9.98. The van der Waals surface area contributed by atoms with Crippen molar-refractivity contribution in [3.63, 3.8) is 0 Å². The summed E-state index contributed by atoms with van der Waals surface area (Å²) >= 11 is 0. The molecule has 1 atom stereocenters. The van der Waals surface area contributed by atoms with Crippen LogP contribution in [0.2, 0.25) is 0 Å². The Morgan fingerprint density at radius 3 is 2.19 bits per heavy atom. The summed E-state index contributed by atoms with van der Waals surface area (Å²) < 4.78 is 11.1. The molecule has 0 aromatic heterocycles. The maximum Gasteiger partial charge on any atom is 0.161 e. The first-order valence-corrected chi connectivity index (χ1v) is 9.42. The standard InChI is InChI=1S/C24H27NO2/c1-3-27-24-17-20(14-15-23(24)26-2)18-25-22(21-12-8-5-9-13-21)16-19-10-6-4-7-11-19/h4-15,17,22,25H,3,16,18H2,1-2H3. The van der Waals surface area contributed by atoms with Crippen LogP contribution in [-0.2, 0) is 13.0 Å². The number of methoxy groups -OCH3 is 1. The molecule has 1 N–H and O–H groups in total. The molecule has 3 rings (SSSR count). The van der Waals surface area contributed by atoms with Gasteiger partial charge < -0.3 is 14.8 Å². The van der Waals surface area contributed by atoms with Gasteiger partial charge in [0.15, 0.2) is 11.5 Å². The van der Waals surface area contributed by atoms with E-state index in [1.54, 1.807) is 7.11 Å². The number of nitrogens with one attached hydrogen (secondary N) is 1. The highest BCUT2D eigenvalue weighted by Gasteiger charge is 2.13. The molecule has 0 aliphatic carbocycles. The zero-order chi connectivity index (χ0) is 18.9. The van der Waals surface area contributed by atoms with E-state index in [1.165, 1.54) is 16.7 Å². The smallest absolute Gasteiger partial charge is 0.161 e. The largest absolute Gasteiger partial charge is 0.493 e. The minimum absolute atomic E-state index is 0.242. The predicted octanol–water partition coefficient (Wildman–Crippen LogP) is 5.17. The first-order valence-electron chi connectivity index (χ1n) is 9.42. The SMILES string of the molecule is CCOc1cc(CNC(Cc2ccccc2)c2ccccc2)ccc1OC. The van der Waals surface area contributed by atoms with E-state index in [4.69, 9.17) is 9.47 Å². The van der Waals surface area contributed by atoms with E-state index in [9.17, 15) is 0 Å². The summed E-state index contributed by atoms with van der Waals surface area (Å²) in [4.78, 5) is 0. The van der Waals surface area contributed by atoms with Crippen LogP contribution in [0.4, 0.5) is 0 Å². The fourth-order valence-corrected chi connectivity index (χ4v) is 3.18. The average molecular weight is 361 g/mol. The molecular formula is C24H27NO2. The van der Waals surface area contributed by atoms with Crippen molar-refractivity contribution in [1.29, 1.82) is 0 Å². The number of ether oxygens (including phenoxy) is 2. The second-order valence-electron chi connectivity index (χ2n) is 6.45. The van der Waals surface area contributed by atoms with Gasteiger partial charge in [-0.2, -0.15) is 0 Å². The summed E-state index contributed by atoms with van der Waals surface area (Å²) in [5.41, 5.74) is 3.79. The minimum atomic E-state index is 0.242. The Kier molecular flexibility index (Phi) is 6.89. The van der Waals surface area contributed by atoms with Gasteiger partial charge in [-0.15, -0.1) is 0 Å². The van der Waals surface area contributed by atoms with Gasteiger partial charge in [0.2, 0.25) is 0 Å². The van der Waals surface area contributed by atoms with E-state index in [0.717, 1.165) is 24.5 Å². The van der Waals surface area contributed by atoms with Crippen LogP contribution in [0.3, 0.4) is 0 Å². The lowest BCUT2D eigenvalue weighted by Crippen LogP contribution is -2.23. The Morgan fingerprint density at radius 1 is 0.815 bits per heavy atom. The molecule has 0 spiro atoms. The summed E-state index contributed by atoms with van der Waals surface area (Å²) in [5.74, 6) is 1.56. The van der Waals surface area contributed by atoms with Crippen LogP contribution in [0.1, 0.15) is 29.7 Å². The molecule has 3 heteroatoms. The Balaban J connectivity index is 1.75. The van der Waals surface area contributed by atoms with Gasteiger partial charge in [-0.05, 0) is 42.2 Å². The van der Waals surface area contributed by atoms with Crippen molar-refractivity contribution < 1.29 is 9.47 Å². The number of rotatable bonds is 9. The third-order valence-corrected chi connectivity index (χ3v) is 4.57. The van der Waals surface area contributed by atoms with E-state index >= 15 is 0 Å². The number of hydrogen-bond donors (Lipinski definition) is 1. The number of hydrogen-bond acceptors (Lipinski definition) is 3. The van der Waals surface area contributed by atoms with Crippen molar-refractivity contribution in [1.82, 2.24) is 5.32 Å². The molecule has 0 amide bonds. The molecule has 0 heterocycles. The zero-order valence-electron chi connectivity index (χ0n) is 16.0. The molecule has 0 saturated carbocycles. The van der Waals surface area contributed by atoms with E-state index in [-0.39, 0.29) is 6.04 Å². The molecule has 0 radical (unpaired) electrons. The third kappa shape index (κ3) is 5.35. The van der Waals surface area contributed by atoms with Gasteiger partial charge in [0.1, 0.15) is 0 Å². The van der Waals surface area contributed by atoms with Crippen molar-refractivity contribution in [3.05, 3.63) is 95.6 Å². The van der Waals surface area contributed by atoms with E-state index in [0.29, 0.717) is 6.61 Å². The van der Waals surface area contributed by atoms with Gasteiger partial charge in [0.05, 0.1) is 13.7 Å². The van der Waals surface area contributed by atoms with Crippen LogP contribution < -0.4 is 14.8 Å². The third-order valence-electron chi connectivity index (χ3n) is 4.57. The number of benzene rings is 3. The van der Waals surface area contributed by atoms with Gasteiger partial charge in [-0.1, -0.05) is 66.7 Å². The Labute approximate surface area is 162 Å². The van der Waals surface area contributed by atoms with Crippen molar-refractivity contribution in [3.8, 4) is 11.5 Å². The highest BCUT2D eigenvalue weighted by Crippen LogP contribution is 2.28. The van der Waals surface area contributed by atoms with E-state index in [2.05, 4.69) is 78.1 Å². The van der Waals surface area contributed by atoms with Crippen molar-refractivity contribution in [2.24, 2.45) is 0 Å². The second kappa shape index (κ2) is 9.79. The summed E-state index contributed by atoms with van der Waals surface area (Å²) in [6, 6.07) is 27.6. The zero-order valence-corrected chi connectivity index (χ0v) is 16.0. The summed E-state index contributed by atoms with van der Waals surface area (Å²) in [5, 5.41) is 3.71.